The maximum Gasteiger partial charge on any atom is 0.297 e. The Labute approximate surface area is 121 Å². The molecule has 6 nitrogen and oxygen atoms in total. The van der Waals surface area contributed by atoms with Gasteiger partial charge in [-0.1, -0.05) is 20.8 Å². The van der Waals surface area contributed by atoms with Crippen molar-refractivity contribution in [1.29, 1.82) is 0 Å². The molecule has 0 aliphatic carbocycles. The molecule has 0 bridgehead atoms. The lowest BCUT2D eigenvalue weighted by Gasteiger charge is -2.16. The van der Waals surface area contributed by atoms with Crippen LogP contribution in [-0.4, -0.2) is 26.1 Å². The smallest absolute Gasteiger partial charge is 0.265 e. The van der Waals surface area contributed by atoms with Crippen LogP contribution >= 0.6 is 12.2 Å². The van der Waals surface area contributed by atoms with Crippen LogP contribution in [0.1, 0.15) is 32.0 Å². The Hall–Kier alpha value is -2.15. The van der Waals surface area contributed by atoms with Crippen molar-refractivity contribution < 1.29 is 0 Å². The number of pyridine rings is 1. The molecule has 0 aliphatic heterocycles. The average Bonchev–Trinajstić information content (AvgIpc) is 2.38. The van der Waals surface area contributed by atoms with Gasteiger partial charge in [-0.2, -0.15) is 14.9 Å². The summed E-state index contributed by atoms with van der Waals surface area (Å²) in [5.41, 5.74) is 0.518. The molecular weight excluding hydrogens is 274 g/mol. The van der Waals surface area contributed by atoms with Gasteiger partial charge < -0.3 is 0 Å². The van der Waals surface area contributed by atoms with Crippen molar-refractivity contribution in [3.05, 3.63) is 50.9 Å². The van der Waals surface area contributed by atoms with Gasteiger partial charge in [0, 0.05) is 17.8 Å². The molecule has 0 saturated heterocycles. The first-order chi connectivity index (χ1) is 9.39. The van der Waals surface area contributed by atoms with Crippen LogP contribution in [0.15, 0.2) is 34.4 Å². The monoisotopic (exact) mass is 289 g/mol. The molecule has 1 N–H and O–H groups in total. The van der Waals surface area contributed by atoms with Gasteiger partial charge in [-0.3, -0.25) is 14.9 Å². The van der Waals surface area contributed by atoms with Crippen LogP contribution in [-0.2, 0) is 5.41 Å². The Bertz CT molecular complexity index is 740. The fourth-order valence-electron chi connectivity index (χ4n) is 1.56. The number of hydrogen-bond acceptors (Lipinski definition) is 5. The molecule has 2 rings (SSSR count). The van der Waals surface area contributed by atoms with Gasteiger partial charge in [-0.15, -0.1) is 0 Å². The van der Waals surface area contributed by atoms with Crippen molar-refractivity contribution in [2.45, 2.75) is 26.2 Å². The standard InChI is InChI=1S/C13H15N5OS/c1-13(2,3)10-11(19)18(12(20)17-16-10)15-8-9-4-6-14-7-5-9/h4-8H,1-3H3,(H,17,20)/b15-8-. The lowest BCUT2D eigenvalue weighted by atomic mass is 9.93. The third-order valence-electron chi connectivity index (χ3n) is 2.59. The minimum absolute atomic E-state index is 0.160. The molecule has 7 heteroatoms. The minimum Gasteiger partial charge on any atom is -0.265 e. The highest BCUT2D eigenvalue weighted by molar-refractivity contribution is 7.71. The quantitative estimate of drug-likeness (QED) is 0.676. The van der Waals surface area contributed by atoms with Gasteiger partial charge in [0.05, 0.1) is 6.21 Å². The highest BCUT2D eigenvalue weighted by atomic mass is 32.1. The molecule has 20 heavy (non-hydrogen) atoms. The van der Waals surface area contributed by atoms with Crippen LogP contribution < -0.4 is 5.56 Å². The predicted octanol–water partition coefficient (Wildman–Crippen LogP) is 1.88. The lowest BCUT2D eigenvalue weighted by molar-refractivity contribution is 0.529. The summed E-state index contributed by atoms with van der Waals surface area (Å²) in [4.78, 5) is 16.3. The van der Waals surface area contributed by atoms with Gasteiger partial charge in [0.15, 0.2) is 0 Å². The first kappa shape index (κ1) is 14.3. The normalized spacial score (nSPS) is 11.9. The number of nitrogens with one attached hydrogen (secondary N) is 1. The molecule has 2 aromatic rings. The SMILES string of the molecule is CC(C)(C)c1n[nH]c(=S)n(/N=C\c2ccncc2)c1=O. The maximum absolute atomic E-state index is 12.3. The molecule has 0 radical (unpaired) electrons. The number of rotatable bonds is 2. The van der Waals surface area contributed by atoms with E-state index in [0.29, 0.717) is 5.69 Å². The molecule has 2 aromatic heterocycles. The van der Waals surface area contributed by atoms with E-state index in [4.69, 9.17) is 12.2 Å². The largest absolute Gasteiger partial charge is 0.297 e. The lowest BCUT2D eigenvalue weighted by Crippen LogP contribution is -2.32. The van der Waals surface area contributed by atoms with E-state index >= 15 is 0 Å². The second kappa shape index (κ2) is 5.46. The summed E-state index contributed by atoms with van der Waals surface area (Å²) in [5, 5.41) is 10.8. The highest BCUT2D eigenvalue weighted by Gasteiger charge is 2.21. The average molecular weight is 289 g/mol. The number of hydrogen-bond donors (Lipinski definition) is 1. The molecule has 0 unspecified atom stereocenters. The van der Waals surface area contributed by atoms with Crippen molar-refractivity contribution in [2.75, 3.05) is 0 Å². The number of nitrogens with zero attached hydrogens (tertiary/aromatic N) is 4. The molecule has 0 atom stereocenters. The van der Waals surface area contributed by atoms with Gasteiger partial charge in [0.2, 0.25) is 4.77 Å². The minimum atomic E-state index is -0.384. The Morgan fingerprint density at radius 1 is 1.35 bits per heavy atom. The molecule has 0 saturated carbocycles. The summed E-state index contributed by atoms with van der Waals surface area (Å²) < 4.78 is 1.30. The van der Waals surface area contributed by atoms with Crippen LogP contribution in [0.25, 0.3) is 0 Å². The van der Waals surface area contributed by atoms with E-state index in [1.54, 1.807) is 30.7 Å². The third-order valence-corrected chi connectivity index (χ3v) is 2.85. The maximum atomic E-state index is 12.3. The van der Waals surface area contributed by atoms with Gasteiger partial charge in [0.1, 0.15) is 5.69 Å². The Morgan fingerprint density at radius 2 is 2.00 bits per heavy atom. The van der Waals surface area contributed by atoms with Crippen molar-refractivity contribution in [3.8, 4) is 0 Å². The van der Waals surface area contributed by atoms with Crippen molar-refractivity contribution >= 4 is 18.4 Å². The molecule has 0 fully saturated rings. The molecule has 104 valence electrons. The van der Waals surface area contributed by atoms with Crippen molar-refractivity contribution in [2.24, 2.45) is 5.10 Å². The zero-order valence-electron chi connectivity index (χ0n) is 11.5. The molecule has 0 aromatic carbocycles. The second-order valence-corrected chi connectivity index (χ2v) is 5.66. The molecule has 0 spiro atoms. The number of H-pyrrole nitrogens is 1. The van der Waals surface area contributed by atoms with Crippen LogP contribution in [0.5, 0.6) is 0 Å². The fraction of sp³-hybridized carbons (Fsp3) is 0.308. The Kier molecular flexibility index (Phi) is 3.89. The van der Waals surface area contributed by atoms with Crippen LogP contribution in [0, 0.1) is 4.77 Å². The first-order valence-electron chi connectivity index (χ1n) is 6.06. The number of aromatic nitrogens is 4. The topological polar surface area (TPSA) is 75.9 Å². The number of aromatic amines is 1. The summed E-state index contributed by atoms with van der Waals surface area (Å²) >= 11 is 5.06. The zero-order chi connectivity index (χ0) is 14.8. The van der Waals surface area contributed by atoms with E-state index in [-0.39, 0.29) is 15.7 Å². The zero-order valence-corrected chi connectivity index (χ0v) is 12.3. The van der Waals surface area contributed by atoms with E-state index in [1.165, 1.54) is 0 Å². The summed E-state index contributed by atoms with van der Waals surface area (Å²) in [5.74, 6) is 0. The summed E-state index contributed by atoms with van der Waals surface area (Å²) in [6.07, 6.45) is 4.86. The Balaban J connectivity index is 2.50. The first-order valence-corrected chi connectivity index (χ1v) is 6.47. The van der Waals surface area contributed by atoms with Crippen molar-refractivity contribution in [3.63, 3.8) is 0 Å². The molecule has 0 aliphatic rings. The van der Waals surface area contributed by atoms with Crippen LogP contribution in [0.3, 0.4) is 0 Å². The van der Waals surface area contributed by atoms with Crippen LogP contribution in [0.4, 0.5) is 0 Å². The molecule has 0 amide bonds. The van der Waals surface area contributed by atoms with E-state index in [1.807, 2.05) is 20.8 Å². The predicted molar refractivity (Wildman–Crippen MR) is 79.6 cm³/mol. The summed E-state index contributed by atoms with van der Waals surface area (Å²) in [6.45, 7) is 5.72. The Morgan fingerprint density at radius 3 is 2.60 bits per heavy atom. The van der Waals surface area contributed by atoms with E-state index in [9.17, 15) is 4.79 Å². The van der Waals surface area contributed by atoms with Crippen molar-refractivity contribution in [1.82, 2.24) is 19.9 Å². The third kappa shape index (κ3) is 3.05. The molecule has 2 heterocycles. The van der Waals surface area contributed by atoms with E-state index in [0.717, 1.165) is 10.2 Å². The van der Waals surface area contributed by atoms with Gasteiger partial charge >= 0.3 is 0 Å². The molecular formula is C13H15N5OS. The second-order valence-electron chi connectivity index (χ2n) is 5.27. The fourth-order valence-corrected chi connectivity index (χ4v) is 1.73. The van der Waals surface area contributed by atoms with Crippen LogP contribution in [0.2, 0.25) is 0 Å². The van der Waals surface area contributed by atoms with Gasteiger partial charge in [0.25, 0.3) is 5.56 Å². The highest BCUT2D eigenvalue weighted by Crippen LogP contribution is 2.15. The summed E-state index contributed by atoms with van der Waals surface area (Å²) in [6, 6.07) is 3.57. The van der Waals surface area contributed by atoms with Gasteiger partial charge in [-0.05, 0) is 29.9 Å². The summed E-state index contributed by atoms with van der Waals surface area (Å²) in [7, 11) is 0. The van der Waals surface area contributed by atoms with E-state index in [2.05, 4.69) is 20.3 Å². The van der Waals surface area contributed by atoms with Gasteiger partial charge in [-0.25, -0.2) is 0 Å². The van der Waals surface area contributed by atoms with E-state index < -0.39 is 0 Å².